The third-order valence-electron chi connectivity index (χ3n) is 4.61. The average Bonchev–Trinajstić information content (AvgIpc) is 3.28. The molecule has 2 heterocycles. The molecule has 154 valence electrons. The van der Waals surface area contributed by atoms with Gasteiger partial charge in [0, 0.05) is 17.3 Å². The van der Waals surface area contributed by atoms with Crippen molar-refractivity contribution in [3.05, 3.63) is 52.4 Å². The van der Waals surface area contributed by atoms with Crippen LogP contribution >= 0.6 is 11.8 Å². The number of rotatable bonds is 5. The van der Waals surface area contributed by atoms with Gasteiger partial charge in [-0.1, -0.05) is 18.2 Å². The first-order valence-corrected chi connectivity index (χ1v) is 9.86. The van der Waals surface area contributed by atoms with Gasteiger partial charge in [0.15, 0.2) is 11.5 Å². The van der Waals surface area contributed by atoms with Crippen molar-refractivity contribution >= 4 is 40.6 Å². The fourth-order valence-electron chi connectivity index (χ4n) is 3.05. The topological polar surface area (TPSA) is 94.2 Å². The summed E-state index contributed by atoms with van der Waals surface area (Å²) in [4.78, 5) is 38.6. The van der Waals surface area contributed by atoms with E-state index in [0.29, 0.717) is 28.5 Å². The van der Waals surface area contributed by atoms with E-state index in [4.69, 9.17) is 14.2 Å². The molecule has 0 radical (unpaired) electrons. The highest BCUT2D eigenvalue weighted by molar-refractivity contribution is 8.18. The molecule has 0 spiro atoms. The van der Waals surface area contributed by atoms with Crippen LogP contribution in [0.2, 0.25) is 0 Å². The number of hydrogen-bond acceptors (Lipinski definition) is 7. The van der Waals surface area contributed by atoms with E-state index in [-0.39, 0.29) is 18.2 Å². The number of benzene rings is 2. The van der Waals surface area contributed by atoms with Crippen molar-refractivity contribution in [2.75, 3.05) is 25.8 Å². The predicted molar refractivity (Wildman–Crippen MR) is 112 cm³/mol. The molecule has 30 heavy (non-hydrogen) atoms. The Morgan fingerprint density at radius 1 is 1.23 bits per heavy atom. The van der Waals surface area contributed by atoms with Gasteiger partial charge in [-0.3, -0.25) is 19.3 Å². The molecule has 9 heteroatoms. The number of carbonyl (C=O) groups is 3. The van der Waals surface area contributed by atoms with Crippen molar-refractivity contribution in [1.82, 2.24) is 4.90 Å². The summed E-state index contributed by atoms with van der Waals surface area (Å²) >= 11 is 0.771. The first-order valence-electron chi connectivity index (χ1n) is 9.04. The third-order valence-corrected chi connectivity index (χ3v) is 5.51. The number of imide groups is 1. The van der Waals surface area contributed by atoms with Gasteiger partial charge in [0.25, 0.3) is 11.1 Å². The summed E-state index contributed by atoms with van der Waals surface area (Å²) < 4.78 is 16.0. The maximum Gasteiger partial charge on any atom is 0.294 e. The highest BCUT2D eigenvalue weighted by Crippen LogP contribution is 2.40. The molecule has 0 aromatic heterocycles. The zero-order chi connectivity index (χ0) is 21.3. The van der Waals surface area contributed by atoms with Crippen LogP contribution in [-0.2, 0) is 9.59 Å². The van der Waals surface area contributed by atoms with E-state index >= 15 is 0 Å². The number of fused-ring (bicyclic) bond motifs is 1. The van der Waals surface area contributed by atoms with E-state index in [1.54, 1.807) is 30.3 Å². The molecule has 2 aromatic rings. The van der Waals surface area contributed by atoms with Crippen LogP contribution in [0, 0.1) is 6.92 Å². The van der Waals surface area contributed by atoms with Crippen LogP contribution < -0.4 is 19.5 Å². The Morgan fingerprint density at radius 3 is 2.70 bits per heavy atom. The Hall–Kier alpha value is -3.46. The zero-order valence-electron chi connectivity index (χ0n) is 16.3. The largest absolute Gasteiger partial charge is 0.496 e. The molecule has 4 rings (SSSR count). The van der Waals surface area contributed by atoms with Crippen molar-refractivity contribution < 1.29 is 28.6 Å². The van der Waals surface area contributed by atoms with Gasteiger partial charge in [-0.05, 0) is 42.5 Å². The molecule has 1 fully saturated rings. The lowest BCUT2D eigenvalue weighted by molar-refractivity contribution is -0.127. The molecule has 0 saturated carbocycles. The van der Waals surface area contributed by atoms with Crippen LogP contribution in [0.15, 0.2) is 41.3 Å². The minimum absolute atomic E-state index is 0.106. The van der Waals surface area contributed by atoms with Gasteiger partial charge in [0.05, 0.1) is 12.0 Å². The highest BCUT2D eigenvalue weighted by Gasteiger charge is 2.36. The molecule has 0 aliphatic carbocycles. The Morgan fingerprint density at radius 2 is 1.97 bits per heavy atom. The predicted octanol–water partition coefficient (Wildman–Crippen LogP) is 3.41. The standard InChI is InChI=1S/C21H18N2O6S/c1-12-5-3-4-6-14(12)22-19(24)10-23-20(25)18(30-21(23)26)8-13-7-16-17(29-11-28-16)9-15(13)27-2/h3-9H,10-11H2,1-2H3,(H,22,24)/b18-8+. The maximum atomic E-state index is 12.7. The molecule has 2 aliphatic rings. The number of ether oxygens (including phenoxy) is 3. The highest BCUT2D eigenvalue weighted by atomic mass is 32.2. The van der Waals surface area contributed by atoms with Gasteiger partial charge in [-0.25, -0.2) is 0 Å². The second-order valence-corrected chi connectivity index (χ2v) is 7.57. The van der Waals surface area contributed by atoms with E-state index in [1.807, 2.05) is 19.1 Å². The van der Waals surface area contributed by atoms with Crippen molar-refractivity contribution in [1.29, 1.82) is 0 Å². The fourth-order valence-corrected chi connectivity index (χ4v) is 3.88. The summed E-state index contributed by atoms with van der Waals surface area (Å²) in [6, 6.07) is 10.6. The van der Waals surface area contributed by atoms with Gasteiger partial charge >= 0.3 is 0 Å². The van der Waals surface area contributed by atoms with Gasteiger partial charge in [-0.2, -0.15) is 0 Å². The van der Waals surface area contributed by atoms with Gasteiger partial charge < -0.3 is 19.5 Å². The van der Waals surface area contributed by atoms with E-state index in [2.05, 4.69) is 5.32 Å². The number of para-hydroxylation sites is 1. The number of thioether (sulfide) groups is 1. The Bertz CT molecular complexity index is 1080. The molecule has 1 N–H and O–H groups in total. The number of aryl methyl sites for hydroxylation is 1. The van der Waals surface area contributed by atoms with Crippen LogP contribution in [0.5, 0.6) is 17.2 Å². The molecule has 0 unspecified atom stereocenters. The minimum atomic E-state index is -0.537. The second kappa shape index (κ2) is 8.11. The molecule has 2 aromatic carbocycles. The lowest BCUT2D eigenvalue weighted by Crippen LogP contribution is -2.36. The Kier molecular flexibility index (Phi) is 5.37. The molecule has 3 amide bonds. The smallest absolute Gasteiger partial charge is 0.294 e. The second-order valence-electron chi connectivity index (χ2n) is 6.58. The average molecular weight is 426 g/mol. The number of nitrogens with zero attached hydrogens (tertiary/aromatic N) is 1. The zero-order valence-corrected chi connectivity index (χ0v) is 17.1. The summed E-state index contributed by atoms with van der Waals surface area (Å²) in [6.07, 6.45) is 1.55. The third kappa shape index (κ3) is 3.84. The maximum absolute atomic E-state index is 12.7. The normalized spacial score (nSPS) is 16.3. The summed E-state index contributed by atoms with van der Waals surface area (Å²) in [6.45, 7) is 1.60. The van der Waals surface area contributed by atoms with E-state index in [0.717, 1.165) is 22.2 Å². The van der Waals surface area contributed by atoms with Crippen molar-refractivity contribution in [2.24, 2.45) is 0 Å². The fraction of sp³-hybridized carbons (Fsp3) is 0.190. The number of nitrogens with one attached hydrogen (secondary N) is 1. The number of carbonyl (C=O) groups excluding carboxylic acids is 3. The van der Waals surface area contributed by atoms with Crippen LogP contribution in [0.3, 0.4) is 0 Å². The van der Waals surface area contributed by atoms with Gasteiger partial charge in [0.2, 0.25) is 12.7 Å². The number of methoxy groups -OCH3 is 1. The first-order chi connectivity index (χ1) is 14.5. The molecule has 8 nitrogen and oxygen atoms in total. The first kappa shape index (κ1) is 19.8. The Balaban J connectivity index is 1.52. The lowest BCUT2D eigenvalue weighted by atomic mass is 10.1. The molecule has 1 saturated heterocycles. The van der Waals surface area contributed by atoms with Crippen molar-refractivity contribution in [3.63, 3.8) is 0 Å². The van der Waals surface area contributed by atoms with Gasteiger partial charge in [-0.15, -0.1) is 0 Å². The monoisotopic (exact) mass is 426 g/mol. The van der Waals surface area contributed by atoms with Crippen LogP contribution in [-0.4, -0.2) is 42.4 Å². The van der Waals surface area contributed by atoms with E-state index in [1.165, 1.54) is 7.11 Å². The summed E-state index contributed by atoms with van der Waals surface area (Å²) in [5.41, 5.74) is 2.08. The Labute approximate surface area is 176 Å². The number of hydrogen-bond donors (Lipinski definition) is 1. The molecule has 2 aliphatic heterocycles. The minimum Gasteiger partial charge on any atom is -0.496 e. The number of amides is 3. The van der Waals surface area contributed by atoms with E-state index in [9.17, 15) is 14.4 Å². The quantitative estimate of drug-likeness (QED) is 0.732. The van der Waals surface area contributed by atoms with Crippen LogP contribution in [0.25, 0.3) is 6.08 Å². The van der Waals surface area contributed by atoms with Crippen LogP contribution in [0.4, 0.5) is 10.5 Å². The molecular formula is C21H18N2O6S. The molecule has 0 atom stereocenters. The molecular weight excluding hydrogens is 408 g/mol. The molecule has 0 bridgehead atoms. The van der Waals surface area contributed by atoms with E-state index < -0.39 is 17.1 Å². The summed E-state index contributed by atoms with van der Waals surface area (Å²) in [5, 5.41) is 2.22. The SMILES string of the molecule is COc1cc2c(cc1/C=C1/SC(=O)N(CC(=O)Nc3ccccc3C)C1=O)OCO2. The van der Waals surface area contributed by atoms with Gasteiger partial charge in [0.1, 0.15) is 12.3 Å². The summed E-state index contributed by atoms with van der Waals surface area (Å²) in [7, 11) is 1.50. The van der Waals surface area contributed by atoms with Crippen molar-refractivity contribution in [2.45, 2.75) is 6.92 Å². The van der Waals surface area contributed by atoms with Crippen LogP contribution in [0.1, 0.15) is 11.1 Å². The summed E-state index contributed by atoms with van der Waals surface area (Å²) in [5.74, 6) is 0.561. The van der Waals surface area contributed by atoms with Crippen molar-refractivity contribution in [3.8, 4) is 17.2 Å². The number of anilines is 1. The lowest BCUT2D eigenvalue weighted by Gasteiger charge is -2.13.